The van der Waals surface area contributed by atoms with Crippen molar-refractivity contribution in [3.8, 4) is 0 Å². The highest BCUT2D eigenvalue weighted by Crippen LogP contribution is 2.30. The number of urea groups is 1. The number of rotatable bonds is 7. The van der Waals surface area contributed by atoms with Crippen molar-refractivity contribution in [2.24, 2.45) is 5.92 Å². The maximum absolute atomic E-state index is 12.1. The Hall–Kier alpha value is -2.12. The summed E-state index contributed by atoms with van der Waals surface area (Å²) < 4.78 is 5.31. The van der Waals surface area contributed by atoms with Gasteiger partial charge in [-0.15, -0.1) is 0 Å². The van der Waals surface area contributed by atoms with Gasteiger partial charge in [-0.1, -0.05) is 24.4 Å². The highest BCUT2D eigenvalue weighted by Gasteiger charge is 2.33. The summed E-state index contributed by atoms with van der Waals surface area (Å²) in [4.78, 5) is 30.4. The number of carbonyl (C=O) groups is 2. The summed E-state index contributed by atoms with van der Waals surface area (Å²) >= 11 is 0. The van der Waals surface area contributed by atoms with Crippen LogP contribution in [0.4, 0.5) is 4.79 Å². The van der Waals surface area contributed by atoms with Crippen LogP contribution in [0, 0.1) is 5.92 Å². The predicted octanol–water partition coefficient (Wildman–Crippen LogP) is 2.57. The molecule has 2 aliphatic rings. The second-order valence-corrected chi connectivity index (χ2v) is 7.54. The van der Waals surface area contributed by atoms with Gasteiger partial charge in [-0.05, 0) is 38.5 Å². The van der Waals surface area contributed by atoms with Crippen molar-refractivity contribution in [3.63, 3.8) is 0 Å². The fraction of sp³-hybridized carbons (Fsp3) is 0.789. The first-order valence-electron chi connectivity index (χ1n) is 10.3. The van der Waals surface area contributed by atoms with Gasteiger partial charge in [-0.25, -0.2) is 4.79 Å². The predicted molar refractivity (Wildman–Crippen MR) is 100.0 cm³/mol. The van der Waals surface area contributed by atoms with Crippen molar-refractivity contribution >= 4 is 11.9 Å². The Kier molecular flexibility index (Phi) is 7.06. The topological polar surface area (TPSA) is 100 Å². The summed E-state index contributed by atoms with van der Waals surface area (Å²) in [6.07, 6.45) is 8.85. The molecule has 27 heavy (non-hydrogen) atoms. The zero-order chi connectivity index (χ0) is 19.1. The molecule has 0 radical (unpaired) electrons. The van der Waals surface area contributed by atoms with E-state index < -0.39 is 0 Å². The first kappa shape index (κ1) is 19.6. The maximum atomic E-state index is 12.1. The fourth-order valence-electron chi connectivity index (χ4n) is 3.99. The van der Waals surface area contributed by atoms with Crippen LogP contribution in [-0.4, -0.2) is 46.6 Å². The molecule has 0 aromatic carbocycles. The van der Waals surface area contributed by atoms with E-state index in [2.05, 4.69) is 20.8 Å². The molecule has 1 atom stereocenters. The Bertz CT molecular complexity index is 627. The molecule has 2 N–H and O–H groups in total. The molecule has 1 aromatic rings. The summed E-state index contributed by atoms with van der Waals surface area (Å²) in [5.41, 5.74) is 0. The van der Waals surface area contributed by atoms with Gasteiger partial charge in [-0.2, -0.15) is 4.98 Å². The standard InChI is InChI=1S/C19H31N5O3/c1-2-20-19(26)24-12-6-9-15(24)18-22-17(27-23-18)11-10-16(25)21-13-14-7-4-3-5-8-14/h14-15H,2-13H2,1H3,(H,20,26)(H,21,25). The summed E-state index contributed by atoms with van der Waals surface area (Å²) in [5.74, 6) is 1.65. The van der Waals surface area contributed by atoms with Gasteiger partial charge in [-0.3, -0.25) is 4.79 Å². The molecule has 8 nitrogen and oxygen atoms in total. The lowest BCUT2D eigenvalue weighted by molar-refractivity contribution is -0.121. The number of hydrogen-bond acceptors (Lipinski definition) is 5. The molecular weight excluding hydrogens is 346 g/mol. The monoisotopic (exact) mass is 377 g/mol. The molecule has 0 bridgehead atoms. The van der Waals surface area contributed by atoms with Crippen molar-refractivity contribution in [1.82, 2.24) is 25.7 Å². The minimum absolute atomic E-state index is 0.0325. The van der Waals surface area contributed by atoms with Crippen molar-refractivity contribution < 1.29 is 14.1 Å². The second kappa shape index (κ2) is 9.71. The van der Waals surface area contributed by atoms with E-state index in [-0.39, 0.29) is 18.0 Å². The Morgan fingerprint density at radius 2 is 1.96 bits per heavy atom. The third-order valence-corrected chi connectivity index (χ3v) is 5.50. The molecule has 8 heteroatoms. The summed E-state index contributed by atoms with van der Waals surface area (Å²) in [7, 11) is 0. The number of nitrogens with zero attached hydrogens (tertiary/aromatic N) is 3. The van der Waals surface area contributed by atoms with E-state index in [4.69, 9.17) is 4.52 Å². The Balaban J connectivity index is 1.44. The fourth-order valence-corrected chi connectivity index (χ4v) is 3.99. The minimum Gasteiger partial charge on any atom is -0.356 e. The quantitative estimate of drug-likeness (QED) is 0.761. The van der Waals surface area contributed by atoms with Gasteiger partial charge in [0, 0.05) is 32.5 Å². The van der Waals surface area contributed by atoms with E-state index in [0.29, 0.717) is 43.6 Å². The molecule has 1 saturated heterocycles. The molecule has 2 fully saturated rings. The number of hydrogen-bond donors (Lipinski definition) is 2. The Labute approximate surface area is 160 Å². The van der Waals surface area contributed by atoms with E-state index in [0.717, 1.165) is 19.4 Å². The zero-order valence-electron chi connectivity index (χ0n) is 16.2. The number of nitrogens with one attached hydrogen (secondary N) is 2. The molecule has 1 aliphatic carbocycles. The third-order valence-electron chi connectivity index (χ3n) is 5.50. The van der Waals surface area contributed by atoms with Crippen LogP contribution in [-0.2, 0) is 11.2 Å². The summed E-state index contributed by atoms with van der Waals surface area (Å²) in [5, 5.41) is 9.90. The molecule has 2 heterocycles. The lowest BCUT2D eigenvalue weighted by atomic mass is 9.89. The van der Waals surface area contributed by atoms with E-state index >= 15 is 0 Å². The molecule has 3 rings (SSSR count). The molecule has 0 spiro atoms. The van der Waals surface area contributed by atoms with Crippen molar-refractivity contribution in [2.75, 3.05) is 19.6 Å². The normalized spacial score (nSPS) is 20.6. The van der Waals surface area contributed by atoms with Crippen LogP contribution < -0.4 is 10.6 Å². The smallest absolute Gasteiger partial charge is 0.318 e. The number of aryl methyl sites for hydroxylation is 1. The Morgan fingerprint density at radius 1 is 1.15 bits per heavy atom. The van der Waals surface area contributed by atoms with Crippen molar-refractivity contribution in [1.29, 1.82) is 0 Å². The van der Waals surface area contributed by atoms with E-state index in [1.807, 2.05) is 6.92 Å². The van der Waals surface area contributed by atoms with Crippen LogP contribution in [0.2, 0.25) is 0 Å². The largest absolute Gasteiger partial charge is 0.356 e. The van der Waals surface area contributed by atoms with Gasteiger partial charge in [0.15, 0.2) is 5.82 Å². The average Bonchev–Trinajstić information content (AvgIpc) is 3.35. The van der Waals surface area contributed by atoms with Crippen LogP contribution in [0.5, 0.6) is 0 Å². The first-order chi connectivity index (χ1) is 13.2. The lowest BCUT2D eigenvalue weighted by Crippen LogP contribution is -2.39. The number of amides is 3. The number of likely N-dealkylation sites (tertiary alicyclic amines) is 1. The van der Waals surface area contributed by atoms with E-state index in [9.17, 15) is 9.59 Å². The van der Waals surface area contributed by atoms with Crippen LogP contribution in [0.3, 0.4) is 0 Å². The highest BCUT2D eigenvalue weighted by atomic mass is 16.5. The van der Waals surface area contributed by atoms with Gasteiger partial charge in [0.25, 0.3) is 0 Å². The van der Waals surface area contributed by atoms with Crippen LogP contribution in [0.15, 0.2) is 4.52 Å². The second-order valence-electron chi connectivity index (χ2n) is 7.54. The van der Waals surface area contributed by atoms with Crippen molar-refractivity contribution in [2.45, 2.75) is 70.8 Å². The first-order valence-corrected chi connectivity index (χ1v) is 10.3. The average molecular weight is 377 g/mol. The highest BCUT2D eigenvalue weighted by molar-refractivity contribution is 5.76. The van der Waals surface area contributed by atoms with Gasteiger partial charge < -0.3 is 20.1 Å². The van der Waals surface area contributed by atoms with Crippen LogP contribution in [0.1, 0.15) is 76.0 Å². The molecule has 150 valence electrons. The van der Waals surface area contributed by atoms with Crippen LogP contribution in [0.25, 0.3) is 0 Å². The van der Waals surface area contributed by atoms with E-state index in [1.165, 1.54) is 32.1 Å². The Morgan fingerprint density at radius 3 is 2.74 bits per heavy atom. The molecule has 1 aliphatic heterocycles. The van der Waals surface area contributed by atoms with E-state index in [1.54, 1.807) is 4.90 Å². The van der Waals surface area contributed by atoms with Gasteiger partial charge in [0.2, 0.25) is 11.8 Å². The summed E-state index contributed by atoms with van der Waals surface area (Å²) in [6, 6.07) is -0.234. The van der Waals surface area contributed by atoms with Gasteiger partial charge >= 0.3 is 6.03 Å². The minimum atomic E-state index is -0.144. The van der Waals surface area contributed by atoms with Gasteiger partial charge in [0.1, 0.15) is 0 Å². The SMILES string of the molecule is CCNC(=O)N1CCCC1c1noc(CCC(=O)NCC2CCCCC2)n1. The maximum Gasteiger partial charge on any atom is 0.318 e. The molecule has 1 aromatic heterocycles. The molecule has 1 unspecified atom stereocenters. The third kappa shape index (κ3) is 5.43. The van der Waals surface area contributed by atoms with Gasteiger partial charge in [0.05, 0.1) is 6.04 Å². The molecular formula is C19H31N5O3. The molecule has 1 saturated carbocycles. The molecule has 3 amide bonds. The zero-order valence-corrected chi connectivity index (χ0v) is 16.2. The van der Waals surface area contributed by atoms with Crippen LogP contribution >= 0.6 is 0 Å². The number of aromatic nitrogens is 2. The lowest BCUT2D eigenvalue weighted by Gasteiger charge is -2.22. The number of carbonyl (C=O) groups excluding carboxylic acids is 2. The summed E-state index contributed by atoms with van der Waals surface area (Å²) in [6.45, 7) is 3.96. The van der Waals surface area contributed by atoms with Crippen molar-refractivity contribution in [3.05, 3.63) is 11.7 Å².